The van der Waals surface area contributed by atoms with Crippen LogP contribution >= 0.6 is 23.2 Å². The number of amides is 1. The molecule has 0 N–H and O–H groups in total. The first kappa shape index (κ1) is 20.8. The minimum absolute atomic E-state index is 0.0480. The fraction of sp³-hybridized carbons (Fsp3) is 0.381. The molecule has 0 heterocycles. The molecule has 0 saturated carbocycles. The lowest BCUT2D eigenvalue weighted by molar-refractivity contribution is -0.135. The minimum Gasteiger partial charge on any atom is -0.325 e. The van der Waals surface area contributed by atoms with Crippen molar-refractivity contribution in [2.45, 2.75) is 32.9 Å². The molecule has 2 rings (SSSR count). The van der Waals surface area contributed by atoms with E-state index in [1.165, 1.54) is 0 Å². The van der Waals surface area contributed by atoms with Crippen LogP contribution in [-0.2, 0) is 11.2 Å². The molecular weight excluding hydrogens is 367 g/mol. The number of halogens is 2. The second kappa shape index (κ2) is 9.96. The highest BCUT2D eigenvalue weighted by Gasteiger charge is 2.26. The van der Waals surface area contributed by atoms with E-state index in [0.29, 0.717) is 16.5 Å². The Balaban J connectivity index is 2.25. The zero-order chi connectivity index (χ0) is 19.1. The van der Waals surface area contributed by atoms with Gasteiger partial charge < -0.3 is 4.90 Å². The molecule has 0 aliphatic rings. The van der Waals surface area contributed by atoms with Gasteiger partial charge in [0.25, 0.3) is 0 Å². The Morgan fingerprint density at radius 1 is 1.04 bits per heavy atom. The molecular formula is C21H26Cl2N2O. The SMILES string of the molecule is CCCN(CC)C(c1ccccc1)N(C)C(=O)Cc1ccc(Cl)c(Cl)c1. The van der Waals surface area contributed by atoms with Crippen molar-refractivity contribution < 1.29 is 4.79 Å². The number of hydrogen-bond donors (Lipinski definition) is 0. The topological polar surface area (TPSA) is 23.6 Å². The van der Waals surface area contributed by atoms with E-state index in [2.05, 4.69) is 30.9 Å². The van der Waals surface area contributed by atoms with Crippen LogP contribution in [0.5, 0.6) is 0 Å². The molecule has 1 amide bonds. The summed E-state index contributed by atoms with van der Waals surface area (Å²) in [5, 5.41) is 0.971. The first-order valence-electron chi connectivity index (χ1n) is 8.96. The molecule has 0 fully saturated rings. The van der Waals surface area contributed by atoms with Gasteiger partial charge in [-0.05, 0) is 36.2 Å². The Bertz CT molecular complexity index is 721. The van der Waals surface area contributed by atoms with E-state index in [4.69, 9.17) is 23.2 Å². The van der Waals surface area contributed by atoms with Gasteiger partial charge >= 0.3 is 0 Å². The Kier molecular flexibility index (Phi) is 7.95. The molecule has 0 aliphatic heterocycles. The summed E-state index contributed by atoms with van der Waals surface area (Å²) in [6.07, 6.45) is 1.24. The highest BCUT2D eigenvalue weighted by molar-refractivity contribution is 6.42. The first-order valence-corrected chi connectivity index (χ1v) is 9.72. The van der Waals surface area contributed by atoms with E-state index in [-0.39, 0.29) is 12.1 Å². The van der Waals surface area contributed by atoms with Crippen molar-refractivity contribution in [3.63, 3.8) is 0 Å². The van der Waals surface area contributed by atoms with Crippen LogP contribution in [0.2, 0.25) is 10.0 Å². The van der Waals surface area contributed by atoms with Gasteiger partial charge in [0.2, 0.25) is 5.91 Å². The lowest BCUT2D eigenvalue weighted by atomic mass is 10.1. The van der Waals surface area contributed by atoms with Crippen molar-refractivity contribution in [1.82, 2.24) is 9.80 Å². The van der Waals surface area contributed by atoms with Crippen LogP contribution in [0.1, 0.15) is 37.6 Å². The molecule has 2 aromatic rings. The third kappa shape index (κ3) is 5.23. The zero-order valence-corrected chi connectivity index (χ0v) is 17.1. The van der Waals surface area contributed by atoms with Gasteiger partial charge in [-0.2, -0.15) is 0 Å². The number of carbonyl (C=O) groups is 1. The molecule has 0 spiro atoms. The van der Waals surface area contributed by atoms with Crippen LogP contribution in [0.3, 0.4) is 0 Å². The molecule has 2 aromatic carbocycles. The van der Waals surface area contributed by atoms with Gasteiger partial charge in [0.05, 0.1) is 16.5 Å². The summed E-state index contributed by atoms with van der Waals surface area (Å²) < 4.78 is 0. The van der Waals surface area contributed by atoms with Gasteiger partial charge in [-0.3, -0.25) is 9.69 Å². The summed E-state index contributed by atoms with van der Waals surface area (Å²) in [6, 6.07) is 15.5. The summed E-state index contributed by atoms with van der Waals surface area (Å²) >= 11 is 12.1. The number of benzene rings is 2. The van der Waals surface area contributed by atoms with Crippen molar-refractivity contribution in [2.24, 2.45) is 0 Å². The average Bonchev–Trinajstić information content (AvgIpc) is 2.65. The number of carbonyl (C=O) groups excluding carboxylic acids is 1. The van der Waals surface area contributed by atoms with Crippen molar-refractivity contribution in [3.05, 3.63) is 69.7 Å². The summed E-state index contributed by atoms with van der Waals surface area (Å²) in [7, 11) is 1.87. The fourth-order valence-electron chi connectivity index (χ4n) is 3.13. The normalized spacial score (nSPS) is 12.2. The Morgan fingerprint density at radius 2 is 1.73 bits per heavy atom. The van der Waals surface area contributed by atoms with Crippen LogP contribution in [0.25, 0.3) is 0 Å². The maximum absolute atomic E-state index is 13.0. The standard InChI is InChI=1S/C21H26Cl2N2O/c1-4-13-25(5-2)21(17-9-7-6-8-10-17)24(3)20(26)15-16-11-12-18(22)19(23)14-16/h6-12,14,21H,4-5,13,15H2,1-3H3. The summed E-state index contributed by atoms with van der Waals surface area (Å²) in [5.41, 5.74) is 1.98. The van der Waals surface area contributed by atoms with Gasteiger partial charge in [-0.15, -0.1) is 0 Å². The van der Waals surface area contributed by atoms with Crippen LogP contribution < -0.4 is 0 Å². The van der Waals surface area contributed by atoms with Crippen LogP contribution in [-0.4, -0.2) is 35.8 Å². The van der Waals surface area contributed by atoms with Gasteiger partial charge in [0, 0.05) is 13.6 Å². The number of rotatable bonds is 8. The smallest absolute Gasteiger partial charge is 0.228 e. The molecule has 0 bridgehead atoms. The molecule has 0 radical (unpaired) electrons. The van der Waals surface area contributed by atoms with E-state index in [1.54, 1.807) is 12.1 Å². The molecule has 26 heavy (non-hydrogen) atoms. The van der Waals surface area contributed by atoms with Gasteiger partial charge in [0.1, 0.15) is 6.17 Å². The predicted octanol–water partition coefficient (Wildman–Crippen LogP) is 5.43. The zero-order valence-electron chi connectivity index (χ0n) is 15.6. The molecule has 0 saturated heterocycles. The van der Waals surface area contributed by atoms with Crippen LogP contribution in [0.15, 0.2) is 48.5 Å². The molecule has 0 aromatic heterocycles. The minimum atomic E-state index is -0.0866. The largest absolute Gasteiger partial charge is 0.325 e. The quantitative estimate of drug-likeness (QED) is 0.559. The van der Waals surface area contributed by atoms with Gasteiger partial charge in [-0.25, -0.2) is 0 Å². The molecule has 140 valence electrons. The predicted molar refractivity (Wildman–Crippen MR) is 110 cm³/mol. The van der Waals surface area contributed by atoms with Crippen molar-refractivity contribution in [2.75, 3.05) is 20.1 Å². The van der Waals surface area contributed by atoms with Crippen molar-refractivity contribution in [3.8, 4) is 0 Å². The lowest BCUT2D eigenvalue weighted by Crippen LogP contribution is -2.43. The third-order valence-corrected chi connectivity index (χ3v) is 5.20. The monoisotopic (exact) mass is 392 g/mol. The second-order valence-electron chi connectivity index (χ2n) is 6.34. The maximum Gasteiger partial charge on any atom is 0.228 e. The summed E-state index contributed by atoms with van der Waals surface area (Å²) in [4.78, 5) is 17.1. The Hall–Kier alpha value is -1.55. The maximum atomic E-state index is 13.0. The van der Waals surface area contributed by atoms with E-state index in [1.807, 2.05) is 36.2 Å². The highest BCUT2D eigenvalue weighted by atomic mass is 35.5. The molecule has 5 heteroatoms. The van der Waals surface area contributed by atoms with E-state index in [0.717, 1.165) is 30.6 Å². The van der Waals surface area contributed by atoms with Gasteiger partial charge in [0.15, 0.2) is 0 Å². The molecule has 0 aliphatic carbocycles. The number of nitrogens with zero attached hydrogens (tertiary/aromatic N) is 2. The second-order valence-corrected chi connectivity index (χ2v) is 7.16. The van der Waals surface area contributed by atoms with E-state index < -0.39 is 0 Å². The molecule has 3 nitrogen and oxygen atoms in total. The third-order valence-electron chi connectivity index (χ3n) is 4.46. The highest BCUT2D eigenvalue weighted by Crippen LogP contribution is 2.26. The van der Waals surface area contributed by atoms with Crippen molar-refractivity contribution in [1.29, 1.82) is 0 Å². The van der Waals surface area contributed by atoms with Crippen LogP contribution in [0, 0.1) is 0 Å². The molecule has 1 atom stereocenters. The lowest BCUT2D eigenvalue weighted by Gasteiger charge is -2.37. The fourth-order valence-corrected chi connectivity index (χ4v) is 3.45. The first-order chi connectivity index (χ1) is 12.5. The van der Waals surface area contributed by atoms with E-state index in [9.17, 15) is 4.79 Å². The molecule has 1 unspecified atom stereocenters. The van der Waals surface area contributed by atoms with Crippen molar-refractivity contribution >= 4 is 29.1 Å². The van der Waals surface area contributed by atoms with E-state index >= 15 is 0 Å². The van der Waals surface area contributed by atoms with Crippen LogP contribution in [0.4, 0.5) is 0 Å². The Labute approximate surface area is 166 Å². The summed E-state index contributed by atoms with van der Waals surface area (Å²) in [6.45, 7) is 6.09. The summed E-state index contributed by atoms with van der Waals surface area (Å²) in [5.74, 6) is 0.0480. The van der Waals surface area contributed by atoms with Gasteiger partial charge in [-0.1, -0.05) is 73.4 Å². The average molecular weight is 393 g/mol. The Morgan fingerprint density at radius 3 is 2.31 bits per heavy atom. The number of hydrogen-bond acceptors (Lipinski definition) is 2. The number of likely N-dealkylation sites (N-methyl/N-ethyl adjacent to an activating group) is 1.